The predicted octanol–water partition coefficient (Wildman–Crippen LogP) is 3.62. The van der Waals surface area contributed by atoms with Crippen LogP contribution in [-0.2, 0) is 7.05 Å². The summed E-state index contributed by atoms with van der Waals surface area (Å²) >= 11 is 0. The number of urea groups is 1. The average Bonchev–Trinajstić information content (AvgIpc) is 2.64. The van der Waals surface area contributed by atoms with Crippen molar-refractivity contribution in [3.05, 3.63) is 24.0 Å². The van der Waals surface area contributed by atoms with Crippen LogP contribution in [0.1, 0.15) is 46.4 Å². The summed E-state index contributed by atoms with van der Waals surface area (Å²) in [7, 11) is 2.02. The van der Waals surface area contributed by atoms with Crippen LogP contribution in [0.3, 0.4) is 0 Å². The van der Waals surface area contributed by atoms with Crippen molar-refractivity contribution in [1.82, 2.24) is 14.9 Å². The third-order valence-corrected chi connectivity index (χ3v) is 3.18. The van der Waals surface area contributed by atoms with Gasteiger partial charge in [-0.3, -0.25) is 0 Å². The molecule has 0 atom stereocenters. The zero-order chi connectivity index (χ0) is 15.8. The van der Waals surface area contributed by atoms with Gasteiger partial charge in [0.15, 0.2) is 0 Å². The van der Waals surface area contributed by atoms with E-state index in [1.54, 1.807) is 0 Å². The van der Waals surface area contributed by atoms with Crippen LogP contribution in [0.5, 0.6) is 0 Å². The van der Waals surface area contributed by atoms with Crippen LogP contribution in [0.4, 0.5) is 10.5 Å². The molecule has 114 valence electrons. The lowest BCUT2D eigenvalue weighted by atomic mass is 10.1. The van der Waals surface area contributed by atoms with Gasteiger partial charge in [0, 0.05) is 24.2 Å². The Balaban J connectivity index is 2.25. The number of carbonyl (C=O) groups is 1. The van der Waals surface area contributed by atoms with Crippen LogP contribution in [-0.4, -0.2) is 21.1 Å². The number of aryl methyl sites for hydroxylation is 1. The summed E-state index contributed by atoms with van der Waals surface area (Å²) in [5, 5.41) is 5.72. The van der Waals surface area contributed by atoms with Crippen LogP contribution >= 0.6 is 0 Å². The molecular formula is C16H24N4O. The number of aromatic nitrogens is 2. The number of nitrogens with one attached hydrogen (secondary N) is 2. The minimum absolute atomic E-state index is 0.207. The third kappa shape index (κ3) is 3.54. The molecule has 1 heterocycles. The van der Waals surface area contributed by atoms with E-state index < -0.39 is 0 Å². The Morgan fingerprint density at radius 1 is 1.29 bits per heavy atom. The number of fused-ring (bicyclic) bond motifs is 1. The first-order chi connectivity index (χ1) is 9.67. The molecule has 0 saturated heterocycles. The van der Waals surface area contributed by atoms with Gasteiger partial charge in [-0.25, -0.2) is 9.78 Å². The molecule has 2 amide bonds. The minimum atomic E-state index is -0.260. The summed E-state index contributed by atoms with van der Waals surface area (Å²) in [4.78, 5) is 16.5. The van der Waals surface area contributed by atoms with E-state index in [1.807, 2.05) is 46.0 Å². The Bertz CT molecular complexity index is 665. The molecule has 1 aromatic heterocycles. The number of anilines is 1. The molecule has 0 radical (unpaired) electrons. The Morgan fingerprint density at radius 3 is 2.52 bits per heavy atom. The molecule has 0 spiro atoms. The second-order valence-corrected chi connectivity index (χ2v) is 6.72. The van der Waals surface area contributed by atoms with E-state index in [-0.39, 0.29) is 11.6 Å². The highest BCUT2D eigenvalue weighted by atomic mass is 16.2. The van der Waals surface area contributed by atoms with E-state index in [2.05, 4.69) is 34.0 Å². The van der Waals surface area contributed by atoms with Gasteiger partial charge in [-0.1, -0.05) is 13.8 Å². The fourth-order valence-corrected chi connectivity index (χ4v) is 2.32. The number of benzene rings is 1. The molecule has 0 aliphatic heterocycles. The smallest absolute Gasteiger partial charge is 0.319 e. The molecule has 21 heavy (non-hydrogen) atoms. The normalized spacial score (nSPS) is 12.0. The molecule has 5 nitrogen and oxygen atoms in total. The predicted molar refractivity (Wildman–Crippen MR) is 86.7 cm³/mol. The number of imidazole rings is 1. The van der Waals surface area contributed by atoms with Gasteiger partial charge in [0.05, 0.1) is 11.0 Å². The van der Waals surface area contributed by atoms with Crippen molar-refractivity contribution in [3.63, 3.8) is 0 Å². The number of carbonyl (C=O) groups excluding carboxylic acids is 1. The average molecular weight is 288 g/mol. The lowest BCUT2D eigenvalue weighted by Crippen LogP contribution is -2.43. The second-order valence-electron chi connectivity index (χ2n) is 6.72. The van der Waals surface area contributed by atoms with Crippen molar-refractivity contribution < 1.29 is 4.79 Å². The molecule has 0 unspecified atom stereocenters. The van der Waals surface area contributed by atoms with E-state index in [9.17, 15) is 4.79 Å². The first-order valence-electron chi connectivity index (χ1n) is 7.23. The Morgan fingerprint density at radius 2 is 1.95 bits per heavy atom. The number of hydrogen-bond acceptors (Lipinski definition) is 2. The van der Waals surface area contributed by atoms with E-state index in [0.29, 0.717) is 5.92 Å². The summed E-state index contributed by atoms with van der Waals surface area (Å²) < 4.78 is 2.10. The van der Waals surface area contributed by atoms with Crippen molar-refractivity contribution in [3.8, 4) is 0 Å². The Kier molecular flexibility index (Phi) is 3.94. The van der Waals surface area contributed by atoms with Crippen LogP contribution in [0.25, 0.3) is 11.0 Å². The largest absolute Gasteiger partial charge is 0.333 e. The Labute approximate surface area is 125 Å². The fourth-order valence-electron chi connectivity index (χ4n) is 2.32. The topological polar surface area (TPSA) is 59.0 Å². The van der Waals surface area contributed by atoms with E-state index in [0.717, 1.165) is 22.5 Å². The summed E-state index contributed by atoms with van der Waals surface area (Å²) in [5.74, 6) is 1.41. The summed E-state index contributed by atoms with van der Waals surface area (Å²) in [6.45, 7) is 10.1. The second kappa shape index (κ2) is 5.39. The SMILES string of the molecule is CC(C)c1nc2cc(NC(=O)NC(C)(C)C)ccc2n1C. The molecule has 0 fully saturated rings. The molecule has 0 bridgehead atoms. The van der Waals surface area contributed by atoms with Crippen molar-refractivity contribution in [2.45, 2.75) is 46.1 Å². The zero-order valence-corrected chi connectivity index (χ0v) is 13.6. The number of amides is 2. The molecule has 0 aliphatic carbocycles. The molecule has 2 N–H and O–H groups in total. The van der Waals surface area contributed by atoms with Gasteiger partial charge in [-0.2, -0.15) is 0 Å². The van der Waals surface area contributed by atoms with Gasteiger partial charge >= 0.3 is 6.03 Å². The maximum absolute atomic E-state index is 11.9. The van der Waals surface area contributed by atoms with E-state index in [1.165, 1.54) is 0 Å². The monoisotopic (exact) mass is 288 g/mol. The van der Waals surface area contributed by atoms with Crippen molar-refractivity contribution >= 4 is 22.8 Å². The third-order valence-electron chi connectivity index (χ3n) is 3.18. The lowest BCUT2D eigenvalue weighted by molar-refractivity contribution is 0.244. The maximum Gasteiger partial charge on any atom is 0.319 e. The molecule has 2 rings (SSSR count). The molecule has 1 aromatic carbocycles. The zero-order valence-electron chi connectivity index (χ0n) is 13.6. The van der Waals surface area contributed by atoms with Gasteiger partial charge < -0.3 is 15.2 Å². The van der Waals surface area contributed by atoms with Gasteiger partial charge in [-0.15, -0.1) is 0 Å². The van der Waals surface area contributed by atoms with Crippen molar-refractivity contribution in [2.75, 3.05) is 5.32 Å². The van der Waals surface area contributed by atoms with Crippen LogP contribution in [0, 0.1) is 0 Å². The lowest BCUT2D eigenvalue weighted by Gasteiger charge is -2.20. The van der Waals surface area contributed by atoms with Gasteiger partial charge in [-0.05, 0) is 39.0 Å². The van der Waals surface area contributed by atoms with Crippen molar-refractivity contribution in [1.29, 1.82) is 0 Å². The quantitative estimate of drug-likeness (QED) is 0.886. The molecular weight excluding hydrogens is 264 g/mol. The van der Waals surface area contributed by atoms with Crippen molar-refractivity contribution in [2.24, 2.45) is 7.05 Å². The highest BCUT2D eigenvalue weighted by Gasteiger charge is 2.15. The fraction of sp³-hybridized carbons (Fsp3) is 0.500. The molecule has 0 aliphatic rings. The first-order valence-corrected chi connectivity index (χ1v) is 7.23. The molecule has 5 heteroatoms. The Hall–Kier alpha value is -2.04. The molecule has 2 aromatic rings. The minimum Gasteiger partial charge on any atom is -0.333 e. The van der Waals surface area contributed by atoms with E-state index >= 15 is 0 Å². The summed E-state index contributed by atoms with van der Waals surface area (Å²) in [6, 6.07) is 5.59. The summed E-state index contributed by atoms with van der Waals surface area (Å²) in [6.07, 6.45) is 0. The summed E-state index contributed by atoms with van der Waals surface area (Å²) in [5.41, 5.74) is 2.46. The maximum atomic E-state index is 11.9. The number of rotatable bonds is 2. The van der Waals surface area contributed by atoms with Crippen LogP contribution in [0.15, 0.2) is 18.2 Å². The van der Waals surface area contributed by atoms with Gasteiger partial charge in [0.1, 0.15) is 5.82 Å². The van der Waals surface area contributed by atoms with Crippen LogP contribution < -0.4 is 10.6 Å². The first kappa shape index (κ1) is 15.4. The van der Waals surface area contributed by atoms with Gasteiger partial charge in [0.25, 0.3) is 0 Å². The highest BCUT2D eigenvalue weighted by Crippen LogP contribution is 2.23. The molecule has 0 saturated carbocycles. The standard InChI is InChI=1S/C16H24N4O/c1-10(2)14-18-12-9-11(7-8-13(12)20(14)6)17-15(21)19-16(3,4)5/h7-10H,1-6H3,(H2,17,19,21). The van der Waals surface area contributed by atoms with Gasteiger partial charge in [0.2, 0.25) is 0 Å². The highest BCUT2D eigenvalue weighted by molar-refractivity contribution is 5.92. The number of hydrogen-bond donors (Lipinski definition) is 2. The van der Waals surface area contributed by atoms with E-state index in [4.69, 9.17) is 0 Å². The number of nitrogens with zero attached hydrogens (tertiary/aromatic N) is 2. The van der Waals surface area contributed by atoms with Crippen LogP contribution in [0.2, 0.25) is 0 Å².